The second-order valence-corrected chi connectivity index (χ2v) is 6.88. The Kier molecular flexibility index (Phi) is 3.65. The fraction of sp³-hybridized carbons (Fsp3) is 0.167. The average Bonchev–Trinajstić information content (AvgIpc) is 3.02. The molecule has 126 valence electrons. The van der Waals surface area contributed by atoms with Crippen molar-refractivity contribution in [2.75, 3.05) is 26.1 Å². The van der Waals surface area contributed by atoms with Crippen LogP contribution in [0.3, 0.4) is 0 Å². The highest BCUT2D eigenvalue weighted by atomic mass is 32.1. The largest absolute Gasteiger partial charge is 0.497 e. The normalized spacial score (nSPS) is 11.2. The molecule has 0 saturated heterocycles. The Morgan fingerprint density at radius 1 is 1.20 bits per heavy atom. The molecule has 0 aliphatic heterocycles. The summed E-state index contributed by atoms with van der Waals surface area (Å²) < 4.78 is 7.37. The number of aromatic amines is 1. The molecule has 4 rings (SSSR count). The lowest BCUT2D eigenvalue weighted by atomic mass is 10.2. The number of thiophene rings is 1. The van der Waals surface area contributed by atoms with Crippen molar-refractivity contribution in [1.29, 1.82) is 0 Å². The molecule has 0 atom stereocenters. The molecule has 0 aliphatic rings. The van der Waals surface area contributed by atoms with Crippen LogP contribution in [0.4, 0.5) is 5.69 Å². The van der Waals surface area contributed by atoms with Gasteiger partial charge in [-0.15, -0.1) is 0 Å². The molecule has 1 aromatic carbocycles. The third kappa shape index (κ3) is 2.44. The number of benzene rings is 1. The van der Waals surface area contributed by atoms with Crippen molar-refractivity contribution < 1.29 is 9.72 Å². The minimum Gasteiger partial charge on any atom is -0.497 e. The van der Waals surface area contributed by atoms with Gasteiger partial charge in [0.25, 0.3) is 10.4 Å². The molecule has 0 radical (unpaired) electrons. The Hall–Kier alpha value is -2.93. The van der Waals surface area contributed by atoms with Crippen molar-refractivity contribution in [2.45, 2.75) is 0 Å². The Balaban J connectivity index is 1.98. The van der Waals surface area contributed by atoms with Gasteiger partial charge in [0.05, 0.1) is 18.5 Å². The molecule has 0 unspecified atom stereocenters. The van der Waals surface area contributed by atoms with Crippen molar-refractivity contribution in [3.63, 3.8) is 0 Å². The van der Waals surface area contributed by atoms with Gasteiger partial charge >= 0.3 is 0 Å². The first kappa shape index (κ1) is 15.6. The lowest BCUT2D eigenvalue weighted by molar-refractivity contribution is -0.341. The van der Waals surface area contributed by atoms with E-state index in [1.54, 1.807) is 18.0 Å². The van der Waals surface area contributed by atoms with E-state index in [0.717, 1.165) is 32.9 Å². The van der Waals surface area contributed by atoms with Crippen LogP contribution in [0.15, 0.2) is 47.7 Å². The maximum atomic E-state index is 13.0. The monoisotopic (exact) mass is 353 g/mol. The average molecular weight is 353 g/mol. The van der Waals surface area contributed by atoms with Gasteiger partial charge < -0.3 is 9.64 Å². The van der Waals surface area contributed by atoms with Gasteiger partial charge in [0.2, 0.25) is 0 Å². The molecule has 4 aromatic rings. The molecule has 0 spiro atoms. The van der Waals surface area contributed by atoms with Gasteiger partial charge in [-0.05, 0) is 24.3 Å². The van der Waals surface area contributed by atoms with E-state index in [-0.39, 0.29) is 5.56 Å². The van der Waals surface area contributed by atoms with Crippen molar-refractivity contribution in [1.82, 2.24) is 9.55 Å². The van der Waals surface area contributed by atoms with Crippen molar-refractivity contribution in [2.24, 2.45) is 0 Å². The molecule has 0 aliphatic carbocycles. The maximum absolute atomic E-state index is 13.0. The van der Waals surface area contributed by atoms with E-state index < -0.39 is 0 Å². The molecular weight excluding hydrogens is 336 g/mol. The number of fused-ring (bicyclic) bond motifs is 3. The van der Waals surface area contributed by atoms with Crippen LogP contribution < -0.4 is 20.2 Å². The third-order valence-corrected chi connectivity index (χ3v) is 5.24. The van der Waals surface area contributed by atoms with Crippen LogP contribution in [0.5, 0.6) is 5.75 Å². The summed E-state index contributed by atoms with van der Waals surface area (Å²) in [5.74, 6) is 0.748. The van der Waals surface area contributed by atoms with E-state index in [4.69, 9.17) is 4.74 Å². The molecule has 25 heavy (non-hydrogen) atoms. The predicted octanol–water partition coefficient (Wildman–Crippen LogP) is 2.49. The minimum atomic E-state index is -0.0746. The zero-order valence-electron chi connectivity index (χ0n) is 14.1. The molecule has 1 N–H and O–H groups in total. The van der Waals surface area contributed by atoms with E-state index in [1.165, 1.54) is 11.3 Å². The van der Waals surface area contributed by atoms with Crippen LogP contribution in [-0.2, 0) is 0 Å². The van der Waals surface area contributed by atoms with Gasteiger partial charge in [-0.25, -0.2) is 9.97 Å². The molecule has 0 fully saturated rings. The van der Waals surface area contributed by atoms with Crippen LogP contribution in [0.25, 0.3) is 26.1 Å². The second-order valence-electron chi connectivity index (χ2n) is 5.86. The summed E-state index contributed by atoms with van der Waals surface area (Å²) in [6.07, 6.45) is 3.47. The fourth-order valence-corrected chi connectivity index (χ4v) is 3.96. The predicted molar refractivity (Wildman–Crippen MR) is 100 cm³/mol. The van der Waals surface area contributed by atoms with E-state index in [2.05, 4.69) is 9.97 Å². The molecule has 3 aromatic heterocycles. The number of nitrogens with one attached hydrogen (secondary N) is 1. The number of H-pyrrole nitrogens is 1. The number of rotatable bonds is 3. The number of nitrogens with zero attached hydrogens (tertiary/aromatic N) is 3. The van der Waals surface area contributed by atoms with Crippen LogP contribution in [0, 0.1) is 0 Å². The number of pyridine rings is 1. The summed E-state index contributed by atoms with van der Waals surface area (Å²) in [5, 5.41) is 0.978. The highest BCUT2D eigenvalue weighted by Gasteiger charge is 2.20. The highest BCUT2D eigenvalue weighted by molar-refractivity contribution is 7.25. The van der Waals surface area contributed by atoms with Gasteiger partial charge in [-0.1, -0.05) is 11.3 Å². The Morgan fingerprint density at radius 2 is 1.96 bits per heavy atom. The van der Waals surface area contributed by atoms with E-state index in [1.807, 2.05) is 55.5 Å². The lowest BCUT2D eigenvalue weighted by Gasteiger charge is -2.11. The van der Waals surface area contributed by atoms with Gasteiger partial charge in [0, 0.05) is 20.2 Å². The zero-order valence-corrected chi connectivity index (χ0v) is 14.9. The molecular formula is C18H17N4O2S+. The first-order valence-electron chi connectivity index (χ1n) is 7.76. The van der Waals surface area contributed by atoms with Crippen LogP contribution in [0.2, 0.25) is 0 Å². The number of ether oxygens (including phenoxy) is 1. The summed E-state index contributed by atoms with van der Waals surface area (Å²) in [4.78, 5) is 23.8. The Bertz CT molecular complexity index is 1130. The van der Waals surface area contributed by atoms with Gasteiger partial charge in [-0.3, -0.25) is 9.36 Å². The van der Waals surface area contributed by atoms with Crippen molar-refractivity contribution in [3.8, 4) is 11.4 Å². The summed E-state index contributed by atoms with van der Waals surface area (Å²) in [5.41, 5.74) is 2.45. The van der Waals surface area contributed by atoms with Gasteiger partial charge in [0.15, 0.2) is 6.20 Å². The summed E-state index contributed by atoms with van der Waals surface area (Å²) in [6.45, 7) is 0. The number of hydrogen-bond donors (Lipinski definition) is 0. The fourth-order valence-electron chi connectivity index (χ4n) is 2.89. The molecule has 7 heteroatoms. The smallest absolute Gasteiger partial charge is 0.276 e. The number of hydrogen-bond acceptors (Lipinski definition) is 5. The first-order valence-corrected chi connectivity index (χ1v) is 8.58. The Morgan fingerprint density at radius 3 is 2.64 bits per heavy atom. The standard InChI is InChI=1S/C18H16N4O2S/c1-21(2)13-8-9-19-17-14(13)15-16(25-17)18(23)22(10-20-15)11-4-6-12(24-3)7-5-11/h4-10H,1-3H3/p+1. The molecule has 3 heterocycles. The summed E-state index contributed by atoms with van der Waals surface area (Å²) >= 11 is 1.43. The summed E-state index contributed by atoms with van der Waals surface area (Å²) in [7, 11) is 5.58. The van der Waals surface area contributed by atoms with E-state index in [0.29, 0.717) is 4.70 Å². The van der Waals surface area contributed by atoms with Crippen LogP contribution in [-0.4, -0.2) is 30.8 Å². The van der Waals surface area contributed by atoms with Crippen LogP contribution >= 0.6 is 11.3 Å². The molecule has 0 amide bonds. The number of anilines is 1. The number of aromatic nitrogens is 3. The third-order valence-electron chi connectivity index (χ3n) is 4.14. The van der Waals surface area contributed by atoms with Crippen molar-refractivity contribution >= 4 is 37.5 Å². The maximum Gasteiger partial charge on any atom is 0.276 e. The first-order chi connectivity index (χ1) is 12.1. The highest BCUT2D eigenvalue weighted by Crippen LogP contribution is 2.33. The van der Waals surface area contributed by atoms with E-state index >= 15 is 0 Å². The Labute approximate surface area is 147 Å². The van der Waals surface area contributed by atoms with E-state index in [9.17, 15) is 4.79 Å². The topological polar surface area (TPSA) is 61.5 Å². The van der Waals surface area contributed by atoms with Crippen molar-refractivity contribution in [3.05, 3.63) is 53.2 Å². The number of methoxy groups -OCH3 is 1. The van der Waals surface area contributed by atoms with Gasteiger partial charge in [0.1, 0.15) is 27.7 Å². The molecule has 6 nitrogen and oxygen atoms in total. The van der Waals surface area contributed by atoms with Crippen LogP contribution in [0.1, 0.15) is 0 Å². The van der Waals surface area contributed by atoms with Gasteiger partial charge in [-0.2, -0.15) is 0 Å². The SMILES string of the molecule is COc1ccc(-n2cnc3c(sc4[nH+]ccc(N(C)C)c43)c2=O)cc1. The quantitative estimate of drug-likeness (QED) is 0.568. The zero-order chi connectivity index (χ0) is 17.6. The minimum absolute atomic E-state index is 0.0746. The summed E-state index contributed by atoms with van der Waals surface area (Å²) in [6, 6.07) is 9.34. The molecule has 0 saturated carbocycles. The lowest BCUT2D eigenvalue weighted by Crippen LogP contribution is -2.17. The molecule has 0 bridgehead atoms. The second kappa shape index (κ2) is 5.86.